The van der Waals surface area contributed by atoms with E-state index in [4.69, 9.17) is 0 Å². The van der Waals surface area contributed by atoms with Crippen LogP contribution in [-0.2, 0) is 16.4 Å². The lowest BCUT2D eigenvalue weighted by Crippen LogP contribution is -2.38. The first-order chi connectivity index (χ1) is 12.9. The molecule has 0 amide bonds. The number of nitrogens with zero attached hydrogens (tertiary/aromatic N) is 3. The second-order valence-corrected chi connectivity index (χ2v) is 11.0. The molecule has 0 unspecified atom stereocenters. The Morgan fingerprint density at radius 3 is 2.67 bits per heavy atom. The van der Waals surface area contributed by atoms with Gasteiger partial charge in [-0.05, 0) is 55.3 Å². The van der Waals surface area contributed by atoms with E-state index >= 15 is 0 Å². The van der Waals surface area contributed by atoms with Gasteiger partial charge in [-0.25, -0.2) is 22.9 Å². The van der Waals surface area contributed by atoms with Crippen molar-refractivity contribution in [2.24, 2.45) is 5.92 Å². The van der Waals surface area contributed by atoms with Crippen LogP contribution in [0.25, 0.3) is 5.00 Å². The summed E-state index contributed by atoms with van der Waals surface area (Å²) >= 11 is 2.81. The number of nitrogens with one attached hydrogen (secondary N) is 1. The fraction of sp³-hybridized carbons (Fsp3) is 0.412. The van der Waals surface area contributed by atoms with Crippen molar-refractivity contribution in [3.8, 4) is 5.00 Å². The topological polar surface area (TPSA) is 88.1 Å². The zero-order valence-corrected chi connectivity index (χ0v) is 17.2. The molecule has 3 aromatic heterocycles. The molecule has 0 aliphatic carbocycles. The summed E-state index contributed by atoms with van der Waals surface area (Å²) in [4.78, 5) is 13.1. The first-order valence-electron chi connectivity index (χ1n) is 8.72. The average molecular weight is 425 g/mol. The van der Waals surface area contributed by atoms with Crippen LogP contribution in [0, 0.1) is 12.8 Å². The smallest absolute Gasteiger partial charge is 0.246 e. The minimum absolute atomic E-state index is 0.236. The quantitative estimate of drug-likeness (QED) is 0.682. The Kier molecular flexibility index (Phi) is 5.06. The van der Waals surface area contributed by atoms with Crippen molar-refractivity contribution in [3.05, 3.63) is 50.8 Å². The highest BCUT2D eigenvalue weighted by atomic mass is 32.2. The molecule has 0 bridgehead atoms. The minimum atomic E-state index is -3.40. The van der Waals surface area contributed by atoms with Gasteiger partial charge in [-0.1, -0.05) is 0 Å². The lowest BCUT2D eigenvalue weighted by atomic mass is 9.94. The summed E-state index contributed by atoms with van der Waals surface area (Å²) in [5, 5.41) is 9.49. The van der Waals surface area contributed by atoms with Crippen molar-refractivity contribution in [3.63, 3.8) is 0 Å². The van der Waals surface area contributed by atoms with E-state index in [1.165, 1.54) is 22.7 Å². The molecule has 1 N–H and O–H groups in total. The van der Waals surface area contributed by atoms with E-state index in [-0.39, 0.29) is 5.69 Å². The number of thiophene rings is 2. The standard InChI is InChI=1S/C17H20N4O3S3/c1-12-4-5-16(26-12)27(23,24)20-8-6-13(7-9-20)11-14-18-19-17(22)21(14)15-3-2-10-25-15/h2-5,10,13H,6-9,11H2,1H3,(H,19,22). The Hall–Kier alpha value is -1.75. The molecule has 3 aromatic rings. The van der Waals surface area contributed by atoms with E-state index in [1.807, 2.05) is 30.5 Å². The Balaban J connectivity index is 1.45. The predicted octanol–water partition coefficient (Wildman–Crippen LogP) is 2.64. The van der Waals surface area contributed by atoms with Gasteiger partial charge in [0.2, 0.25) is 0 Å². The van der Waals surface area contributed by atoms with Crippen LogP contribution in [0.15, 0.2) is 38.6 Å². The molecule has 0 radical (unpaired) electrons. The molecule has 0 spiro atoms. The average Bonchev–Trinajstić information content (AvgIpc) is 3.38. The minimum Gasteiger partial charge on any atom is -0.246 e. The Labute approximate surface area is 165 Å². The summed E-state index contributed by atoms with van der Waals surface area (Å²) in [6, 6.07) is 7.32. The van der Waals surface area contributed by atoms with Crippen LogP contribution in [0.2, 0.25) is 0 Å². The number of aromatic amines is 1. The van der Waals surface area contributed by atoms with E-state index in [9.17, 15) is 13.2 Å². The highest BCUT2D eigenvalue weighted by Crippen LogP contribution is 2.29. The van der Waals surface area contributed by atoms with Crippen LogP contribution in [0.5, 0.6) is 0 Å². The molecule has 4 rings (SSSR count). The summed E-state index contributed by atoms with van der Waals surface area (Å²) in [5.41, 5.74) is -0.236. The van der Waals surface area contributed by atoms with Crippen LogP contribution < -0.4 is 5.69 Å². The highest BCUT2D eigenvalue weighted by molar-refractivity contribution is 7.91. The van der Waals surface area contributed by atoms with Gasteiger partial charge in [-0.3, -0.25) is 0 Å². The third-order valence-corrected chi connectivity index (χ3v) is 9.04. The van der Waals surface area contributed by atoms with Gasteiger partial charge in [0.25, 0.3) is 10.0 Å². The van der Waals surface area contributed by atoms with Gasteiger partial charge in [-0.2, -0.15) is 9.40 Å². The molecule has 7 nitrogen and oxygen atoms in total. The number of aryl methyl sites for hydroxylation is 1. The molecule has 0 saturated carbocycles. The van der Waals surface area contributed by atoms with Gasteiger partial charge in [0.1, 0.15) is 15.0 Å². The fourth-order valence-corrected chi connectivity index (χ4v) is 7.04. The molecule has 0 atom stereocenters. The second-order valence-electron chi connectivity index (χ2n) is 6.65. The first kappa shape index (κ1) is 18.6. The van der Waals surface area contributed by atoms with Gasteiger partial charge >= 0.3 is 5.69 Å². The SMILES string of the molecule is Cc1ccc(S(=O)(=O)N2CCC(Cc3n[nH]c(=O)n3-c3cccs3)CC2)s1. The molecule has 1 fully saturated rings. The van der Waals surface area contributed by atoms with Crippen LogP contribution in [0.1, 0.15) is 23.5 Å². The summed E-state index contributed by atoms with van der Waals surface area (Å²) < 4.78 is 29.1. The van der Waals surface area contributed by atoms with Crippen molar-refractivity contribution in [1.29, 1.82) is 0 Å². The van der Waals surface area contributed by atoms with Crippen LogP contribution in [0.3, 0.4) is 0 Å². The number of sulfonamides is 1. The van der Waals surface area contributed by atoms with Crippen LogP contribution >= 0.6 is 22.7 Å². The van der Waals surface area contributed by atoms with Gasteiger partial charge in [0, 0.05) is 24.4 Å². The molecule has 1 aliphatic rings. The molecule has 0 aromatic carbocycles. The van der Waals surface area contributed by atoms with E-state index in [0.717, 1.165) is 22.7 Å². The number of aromatic nitrogens is 3. The maximum absolute atomic E-state index is 12.8. The van der Waals surface area contributed by atoms with Crippen molar-refractivity contribution in [2.75, 3.05) is 13.1 Å². The third-order valence-electron chi connectivity index (χ3n) is 4.82. The van der Waals surface area contributed by atoms with Crippen molar-refractivity contribution >= 4 is 32.7 Å². The summed E-state index contributed by atoms with van der Waals surface area (Å²) in [6.45, 7) is 2.90. The number of piperidine rings is 1. The number of H-pyrrole nitrogens is 1. The van der Waals surface area contributed by atoms with E-state index in [1.54, 1.807) is 14.9 Å². The van der Waals surface area contributed by atoms with Gasteiger partial charge in [-0.15, -0.1) is 22.7 Å². The lowest BCUT2D eigenvalue weighted by Gasteiger charge is -2.30. The summed E-state index contributed by atoms with van der Waals surface area (Å²) in [5.74, 6) is 1.01. The van der Waals surface area contributed by atoms with Crippen molar-refractivity contribution in [2.45, 2.75) is 30.4 Å². The summed E-state index contributed by atoms with van der Waals surface area (Å²) in [6.07, 6.45) is 2.17. The summed E-state index contributed by atoms with van der Waals surface area (Å²) in [7, 11) is -3.40. The van der Waals surface area contributed by atoms with Gasteiger partial charge in [0.15, 0.2) is 0 Å². The Bertz CT molecular complexity index is 1070. The number of rotatable bonds is 5. The Morgan fingerprint density at radius 1 is 1.26 bits per heavy atom. The fourth-order valence-electron chi connectivity index (χ4n) is 3.38. The predicted molar refractivity (Wildman–Crippen MR) is 106 cm³/mol. The maximum Gasteiger partial charge on any atom is 0.348 e. The number of hydrogen-bond acceptors (Lipinski definition) is 6. The monoisotopic (exact) mass is 424 g/mol. The molecule has 4 heterocycles. The third kappa shape index (κ3) is 3.66. The second kappa shape index (κ2) is 7.34. The van der Waals surface area contributed by atoms with Gasteiger partial charge in [0.05, 0.1) is 0 Å². The maximum atomic E-state index is 12.8. The zero-order valence-electron chi connectivity index (χ0n) is 14.8. The van der Waals surface area contributed by atoms with E-state index < -0.39 is 10.0 Å². The largest absolute Gasteiger partial charge is 0.348 e. The Morgan fingerprint density at radius 2 is 2.04 bits per heavy atom. The normalized spacial score (nSPS) is 16.8. The number of hydrogen-bond donors (Lipinski definition) is 1. The van der Waals surface area contributed by atoms with Crippen LogP contribution in [-0.4, -0.2) is 40.6 Å². The molecular weight excluding hydrogens is 404 g/mol. The molecule has 10 heteroatoms. The first-order valence-corrected chi connectivity index (χ1v) is 11.9. The lowest BCUT2D eigenvalue weighted by molar-refractivity contribution is 0.270. The van der Waals surface area contributed by atoms with E-state index in [2.05, 4.69) is 10.2 Å². The zero-order chi connectivity index (χ0) is 19.0. The van der Waals surface area contributed by atoms with Gasteiger partial charge < -0.3 is 0 Å². The molecule has 144 valence electrons. The highest BCUT2D eigenvalue weighted by Gasteiger charge is 2.31. The van der Waals surface area contributed by atoms with Crippen LogP contribution in [0.4, 0.5) is 0 Å². The molecule has 1 aliphatic heterocycles. The van der Waals surface area contributed by atoms with Crippen molar-refractivity contribution in [1.82, 2.24) is 19.1 Å². The van der Waals surface area contributed by atoms with Crippen molar-refractivity contribution < 1.29 is 8.42 Å². The molecular formula is C17H20N4O3S3. The van der Waals surface area contributed by atoms with E-state index in [0.29, 0.717) is 35.5 Å². The molecule has 1 saturated heterocycles. The molecule has 27 heavy (non-hydrogen) atoms.